The zero-order valence-corrected chi connectivity index (χ0v) is 15.1. The zero-order valence-electron chi connectivity index (χ0n) is 14.4. The fraction of sp³-hybridized carbons (Fsp3) is 0.136. The SMILES string of the molecule is Cc1ccc(N=Cc2ccccc2OCc2ccc(Cl)cc2)cc1C. The van der Waals surface area contributed by atoms with Gasteiger partial charge in [-0.1, -0.05) is 41.9 Å². The van der Waals surface area contributed by atoms with Crippen molar-refractivity contribution < 1.29 is 4.74 Å². The van der Waals surface area contributed by atoms with Gasteiger partial charge in [0.1, 0.15) is 12.4 Å². The van der Waals surface area contributed by atoms with Gasteiger partial charge in [0.15, 0.2) is 0 Å². The molecular formula is C22H20ClNO. The number of aryl methyl sites for hydroxylation is 2. The molecule has 3 aromatic carbocycles. The molecule has 0 aliphatic carbocycles. The highest BCUT2D eigenvalue weighted by Crippen LogP contribution is 2.21. The molecule has 0 radical (unpaired) electrons. The Morgan fingerprint density at radius 3 is 2.44 bits per heavy atom. The molecule has 2 nitrogen and oxygen atoms in total. The summed E-state index contributed by atoms with van der Waals surface area (Å²) in [4.78, 5) is 4.58. The third-order valence-electron chi connectivity index (χ3n) is 4.07. The molecule has 0 bridgehead atoms. The summed E-state index contributed by atoms with van der Waals surface area (Å²) in [6.07, 6.45) is 1.85. The molecule has 0 N–H and O–H groups in total. The fourth-order valence-corrected chi connectivity index (χ4v) is 2.54. The van der Waals surface area contributed by atoms with E-state index >= 15 is 0 Å². The summed E-state index contributed by atoms with van der Waals surface area (Å²) in [5, 5.41) is 0.727. The molecule has 0 aliphatic heterocycles. The van der Waals surface area contributed by atoms with Gasteiger partial charge < -0.3 is 4.74 Å². The van der Waals surface area contributed by atoms with Gasteiger partial charge >= 0.3 is 0 Å². The van der Waals surface area contributed by atoms with Crippen LogP contribution in [-0.4, -0.2) is 6.21 Å². The number of aliphatic imine (C=N–C) groups is 1. The van der Waals surface area contributed by atoms with Crippen molar-refractivity contribution >= 4 is 23.5 Å². The molecule has 0 heterocycles. The first-order chi connectivity index (χ1) is 12.1. The smallest absolute Gasteiger partial charge is 0.128 e. The second-order valence-corrected chi connectivity index (χ2v) is 6.42. The monoisotopic (exact) mass is 349 g/mol. The lowest BCUT2D eigenvalue weighted by Gasteiger charge is -2.09. The normalized spacial score (nSPS) is 11.0. The Balaban J connectivity index is 1.74. The molecule has 3 aromatic rings. The van der Waals surface area contributed by atoms with E-state index in [1.54, 1.807) is 0 Å². The summed E-state index contributed by atoms with van der Waals surface area (Å²) in [5.74, 6) is 0.810. The number of hydrogen-bond acceptors (Lipinski definition) is 2. The van der Waals surface area contributed by atoms with Crippen LogP contribution in [0.4, 0.5) is 5.69 Å². The summed E-state index contributed by atoms with van der Waals surface area (Å²) in [6.45, 7) is 4.69. The van der Waals surface area contributed by atoms with E-state index in [4.69, 9.17) is 16.3 Å². The predicted octanol–water partition coefficient (Wildman–Crippen LogP) is 6.29. The van der Waals surface area contributed by atoms with Gasteiger partial charge in [0.25, 0.3) is 0 Å². The molecule has 0 atom stereocenters. The number of nitrogens with zero attached hydrogens (tertiary/aromatic N) is 1. The van der Waals surface area contributed by atoms with Gasteiger partial charge in [0.05, 0.1) is 5.69 Å². The minimum absolute atomic E-state index is 0.492. The summed E-state index contributed by atoms with van der Waals surface area (Å²) in [5.41, 5.74) is 5.48. The van der Waals surface area contributed by atoms with Crippen LogP contribution in [0.2, 0.25) is 5.02 Å². The lowest BCUT2D eigenvalue weighted by Crippen LogP contribution is -1.98. The molecule has 0 aliphatic rings. The van der Waals surface area contributed by atoms with Crippen LogP contribution < -0.4 is 4.74 Å². The average Bonchev–Trinajstić information content (AvgIpc) is 2.63. The molecule has 126 valence electrons. The van der Waals surface area contributed by atoms with Gasteiger partial charge in [-0.25, -0.2) is 0 Å². The zero-order chi connectivity index (χ0) is 17.6. The summed E-state index contributed by atoms with van der Waals surface area (Å²) < 4.78 is 5.96. The molecule has 3 heteroatoms. The summed E-state index contributed by atoms with van der Waals surface area (Å²) >= 11 is 5.92. The second-order valence-electron chi connectivity index (χ2n) is 5.98. The van der Waals surface area contributed by atoms with Gasteiger partial charge in [0.2, 0.25) is 0 Å². The molecule has 0 saturated heterocycles. The summed E-state index contributed by atoms with van der Waals surface area (Å²) in [7, 11) is 0. The Morgan fingerprint density at radius 1 is 0.920 bits per heavy atom. The lowest BCUT2D eigenvalue weighted by molar-refractivity contribution is 0.306. The number of benzene rings is 3. The van der Waals surface area contributed by atoms with Crippen LogP contribution in [0, 0.1) is 13.8 Å². The lowest BCUT2D eigenvalue weighted by atomic mass is 10.1. The first-order valence-electron chi connectivity index (χ1n) is 8.19. The molecule has 0 spiro atoms. The Labute approximate surface area is 153 Å². The van der Waals surface area contributed by atoms with Crippen molar-refractivity contribution in [3.05, 3.63) is 94.0 Å². The van der Waals surface area contributed by atoms with Crippen molar-refractivity contribution in [1.29, 1.82) is 0 Å². The Kier molecular flexibility index (Phi) is 5.52. The van der Waals surface area contributed by atoms with Crippen LogP contribution in [0.25, 0.3) is 0 Å². The highest BCUT2D eigenvalue weighted by atomic mass is 35.5. The number of ether oxygens (including phenoxy) is 1. The topological polar surface area (TPSA) is 21.6 Å². The number of rotatable bonds is 5. The highest BCUT2D eigenvalue weighted by molar-refractivity contribution is 6.30. The van der Waals surface area contributed by atoms with Gasteiger partial charge in [-0.15, -0.1) is 0 Å². The van der Waals surface area contributed by atoms with Crippen LogP contribution in [0.1, 0.15) is 22.3 Å². The average molecular weight is 350 g/mol. The van der Waals surface area contributed by atoms with Crippen molar-refractivity contribution in [2.75, 3.05) is 0 Å². The quantitative estimate of drug-likeness (QED) is 0.496. The molecular weight excluding hydrogens is 330 g/mol. The van der Waals surface area contributed by atoms with E-state index < -0.39 is 0 Å². The maximum Gasteiger partial charge on any atom is 0.128 e. The predicted molar refractivity (Wildman–Crippen MR) is 105 cm³/mol. The maximum atomic E-state index is 5.96. The van der Waals surface area contributed by atoms with Crippen molar-refractivity contribution in [3.8, 4) is 5.75 Å². The highest BCUT2D eigenvalue weighted by Gasteiger charge is 2.02. The van der Waals surface area contributed by atoms with Crippen LogP contribution in [0.15, 0.2) is 71.7 Å². The Hall–Kier alpha value is -2.58. The van der Waals surface area contributed by atoms with Gasteiger partial charge in [0, 0.05) is 16.8 Å². The van der Waals surface area contributed by atoms with Crippen LogP contribution in [-0.2, 0) is 6.61 Å². The molecule has 3 rings (SSSR count). The van der Waals surface area contributed by atoms with Gasteiger partial charge in [-0.2, -0.15) is 0 Å². The Morgan fingerprint density at radius 2 is 1.68 bits per heavy atom. The molecule has 0 aromatic heterocycles. The van der Waals surface area contributed by atoms with E-state index in [1.165, 1.54) is 11.1 Å². The molecule has 0 saturated carbocycles. The van der Waals surface area contributed by atoms with E-state index in [1.807, 2.05) is 60.8 Å². The molecule has 0 fully saturated rings. The van der Waals surface area contributed by atoms with Crippen LogP contribution in [0.3, 0.4) is 0 Å². The summed E-state index contributed by atoms with van der Waals surface area (Å²) in [6, 6.07) is 21.8. The van der Waals surface area contributed by atoms with E-state index in [-0.39, 0.29) is 0 Å². The second kappa shape index (κ2) is 8.00. The fourth-order valence-electron chi connectivity index (χ4n) is 2.41. The first kappa shape index (κ1) is 17.2. The number of hydrogen-bond donors (Lipinski definition) is 0. The van der Waals surface area contributed by atoms with Crippen molar-refractivity contribution in [3.63, 3.8) is 0 Å². The van der Waals surface area contributed by atoms with E-state index in [0.717, 1.165) is 27.6 Å². The molecule has 0 amide bonds. The standard InChI is InChI=1S/C22H20ClNO/c1-16-7-12-21(13-17(16)2)24-14-19-5-3-4-6-22(19)25-15-18-8-10-20(23)11-9-18/h3-14H,15H2,1-2H3. The maximum absolute atomic E-state index is 5.96. The number of halogens is 1. The van der Waals surface area contributed by atoms with E-state index in [0.29, 0.717) is 6.61 Å². The van der Waals surface area contributed by atoms with Gasteiger partial charge in [-0.3, -0.25) is 4.99 Å². The van der Waals surface area contributed by atoms with E-state index in [2.05, 4.69) is 31.0 Å². The van der Waals surface area contributed by atoms with E-state index in [9.17, 15) is 0 Å². The minimum Gasteiger partial charge on any atom is -0.488 e. The van der Waals surface area contributed by atoms with Gasteiger partial charge in [-0.05, 0) is 66.9 Å². The largest absolute Gasteiger partial charge is 0.488 e. The molecule has 25 heavy (non-hydrogen) atoms. The molecule has 0 unspecified atom stereocenters. The van der Waals surface area contributed by atoms with Crippen molar-refractivity contribution in [2.45, 2.75) is 20.5 Å². The third-order valence-corrected chi connectivity index (χ3v) is 4.32. The number of para-hydroxylation sites is 1. The van der Waals surface area contributed by atoms with Crippen LogP contribution in [0.5, 0.6) is 5.75 Å². The third kappa shape index (κ3) is 4.71. The first-order valence-corrected chi connectivity index (χ1v) is 8.57. The van der Waals surface area contributed by atoms with Crippen LogP contribution >= 0.6 is 11.6 Å². The Bertz CT molecular complexity index is 885. The van der Waals surface area contributed by atoms with Crippen molar-refractivity contribution in [2.24, 2.45) is 4.99 Å². The van der Waals surface area contributed by atoms with Crippen molar-refractivity contribution in [1.82, 2.24) is 0 Å². The minimum atomic E-state index is 0.492.